The van der Waals surface area contributed by atoms with Crippen LogP contribution in [0.5, 0.6) is 11.5 Å². The maximum atomic E-state index is 12.5. The zero-order chi connectivity index (χ0) is 21.7. The normalized spacial score (nSPS) is 11.9. The lowest BCUT2D eigenvalue weighted by Crippen LogP contribution is -2.25. The molecule has 1 aromatic heterocycles. The summed E-state index contributed by atoms with van der Waals surface area (Å²) in [5, 5.41) is 10.4. The van der Waals surface area contributed by atoms with E-state index in [1.807, 2.05) is 32.0 Å². The summed E-state index contributed by atoms with van der Waals surface area (Å²) in [6, 6.07) is 11.7. The molecule has 0 aliphatic rings. The van der Waals surface area contributed by atoms with E-state index in [1.54, 1.807) is 25.1 Å². The topological polar surface area (TPSA) is 95.2 Å². The van der Waals surface area contributed by atoms with Crippen LogP contribution in [0.2, 0.25) is 0 Å². The molecule has 7 nitrogen and oxygen atoms in total. The molecule has 2 aromatic carbocycles. The molecule has 0 spiro atoms. The largest absolute Gasteiger partial charge is 0.490 e. The van der Waals surface area contributed by atoms with Crippen molar-refractivity contribution in [2.75, 3.05) is 19.8 Å². The maximum absolute atomic E-state index is 12.5. The Balaban J connectivity index is 1.70. The van der Waals surface area contributed by atoms with Gasteiger partial charge < -0.3 is 23.7 Å². The fourth-order valence-corrected chi connectivity index (χ4v) is 2.88. The number of aliphatic hydroxyl groups excluding tert-OH is 1. The third-order valence-electron chi connectivity index (χ3n) is 4.40. The van der Waals surface area contributed by atoms with Crippen LogP contribution in [0.15, 0.2) is 51.7 Å². The molecular formula is C23H24O7. The minimum absolute atomic E-state index is 0.0384. The Morgan fingerprint density at radius 3 is 2.53 bits per heavy atom. The smallest absolute Gasteiger partial charge is 0.374 e. The number of aryl methyl sites for hydroxylation is 2. The summed E-state index contributed by atoms with van der Waals surface area (Å²) >= 11 is 0. The van der Waals surface area contributed by atoms with Gasteiger partial charge in [0.05, 0.1) is 6.61 Å². The summed E-state index contributed by atoms with van der Waals surface area (Å²) in [5.41, 5.74) is 1.80. The maximum Gasteiger partial charge on any atom is 0.374 e. The number of esters is 1. The Morgan fingerprint density at radius 2 is 1.80 bits per heavy atom. The molecule has 0 radical (unpaired) electrons. The molecule has 1 unspecified atom stereocenters. The SMILES string of the molecule is CCOC(=O)c1cc(=O)c2c(OCC(O)COc3cc(C)ccc3C)cccc2o1. The number of fused-ring (bicyclic) bond motifs is 1. The quantitative estimate of drug-likeness (QED) is 0.567. The minimum Gasteiger partial charge on any atom is -0.490 e. The van der Waals surface area contributed by atoms with Crippen LogP contribution in [0, 0.1) is 13.8 Å². The van der Waals surface area contributed by atoms with Crippen LogP contribution in [0.1, 0.15) is 28.6 Å². The molecule has 1 atom stereocenters. The van der Waals surface area contributed by atoms with E-state index in [0.717, 1.165) is 17.2 Å². The second-order valence-electron chi connectivity index (χ2n) is 6.87. The number of ether oxygens (including phenoxy) is 3. The van der Waals surface area contributed by atoms with Crippen molar-refractivity contribution in [3.63, 3.8) is 0 Å². The van der Waals surface area contributed by atoms with Crippen LogP contribution < -0.4 is 14.9 Å². The molecule has 3 rings (SSSR count). The molecule has 0 bridgehead atoms. The zero-order valence-corrected chi connectivity index (χ0v) is 17.1. The van der Waals surface area contributed by atoms with Crippen molar-refractivity contribution in [2.24, 2.45) is 0 Å². The molecule has 3 aromatic rings. The molecule has 1 N–H and O–H groups in total. The monoisotopic (exact) mass is 412 g/mol. The summed E-state index contributed by atoms with van der Waals surface area (Å²) in [6.45, 7) is 5.69. The van der Waals surface area contributed by atoms with E-state index in [9.17, 15) is 14.7 Å². The summed E-state index contributed by atoms with van der Waals surface area (Å²) in [7, 11) is 0. The van der Waals surface area contributed by atoms with Gasteiger partial charge in [-0.25, -0.2) is 4.79 Å². The number of carbonyl (C=O) groups is 1. The van der Waals surface area contributed by atoms with Crippen molar-refractivity contribution >= 4 is 16.9 Å². The van der Waals surface area contributed by atoms with E-state index in [1.165, 1.54) is 0 Å². The van der Waals surface area contributed by atoms with Crippen molar-refractivity contribution in [2.45, 2.75) is 26.9 Å². The van der Waals surface area contributed by atoms with E-state index in [0.29, 0.717) is 5.75 Å². The van der Waals surface area contributed by atoms with E-state index in [2.05, 4.69) is 0 Å². The van der Waals surface area contributed by atoms with Crippen molar-refractivity contribution in [3.05, 3.63) is 69.6 Å². The molecular weight excluding hydrogens is 388 g/mol. The van der Waals surface area contributed by atoms with Crippen molar-refractivity contribution in [3.8, 4) is 11.5 Å². The summed E-state index contributed by atoms with van der Waals surface area (Å²) in [5.74, 6) is 0.0732. The first-order valence-corrected chi connectivity index (χ1v) is 9.64. The third kappa shape index (κ3) is 4.99. The first-order valence-electron chi connectivity index (χ1n) is 9.64. The van der Waals surface area contributed by atoms with Gasteiger partial charge in [-0.2, -0.15) is 0 Å². The Kier molecular flexibility index (Phi) is 6.74. The molecule has 158 valence electrons. The predicted octanol–water partition coefficient (Wildman–Crippen LogP) is 3.41. The van der Waals surface area contributed by atoms with Gasteiger partial charge in [-0.3, -0.25) is 4.79 Å². The van der Waals surface area contributed by atoms with Gasteiger partial charge in [0.15, 0.2) is 5.43 Å². The lowest BCUT2D eigenvalue weighted by molar-refractivity contribution is 0.0490. The van der Waals surface area contributed by atoms with Crippen LogP contribution in [-0.4, -0.2) is 37.0 Å². The molecule has 0 fully saturated rings. The molecule has 0 saturated heterocycles. The summed E-state index contributed by atoms with van der Waals surface area (Å²) in [6.07, 6.45) is -0.911. The van der Waals surface area contributed by atoms with Gasteiger partial charge in [0, 0.05) is 6.07 Å². The van der Waals surface area contributed by atoms with Gasteiger partial charge in [0.2, 0.25) is 5.76 Å². The fourth-order valence-electron chi connectivity index (χ4n) is 2.88. The molecule has 0 aliphatic carbocycles. The Bertz CT molecular complexity index is 1100. The number of hydrogen-bond donors (Lipinski definition) is 1. The molecule has 0 aliphatic heterocycles. The second kappa shape index (κ2) is 9.45. The number of rotatable bonds is 8. The number of carbonyl (C=O) groups excluding carboxylic acids is 1. The average Bonchev–Trinajstić information content (AvgIpc) is 2.72. The Morgan fingerprint density at radius 1 is 1.07 bits per heavy atom. The first kappa shape index (κ1) is 21.4. The fraction of sp³-hybridized carbons (Fsp3) is 0.304. The van der Waals surface area contributed by atoms with Crippen LogP contribution in [-0.2, 0) is 4.74 Å². The zero-order valence-electron chi connectivity index (χ0n) is 17.1. The first-order chi connectivity index (χ1) is 14.4. The van der Waals surface area contributed by atoms with Gasteiger partial charge in [-0.15, -0.1) is 0 Å². The standard InChI is InChI=1S/C23H24O7/c1-4-27-23(26)21-11-17(25)22-18(6-5-7-19(22)30-21)28-12-16(24)13-29-20-10-14(2)8-9-15(20)3/h5-11,16,24H,4,12-13H2,1-3H3. The highest BCUT2D eigenvalue weighted by Gasteiger charge is 2.17. The summed E-state index contributed by atoms with van der Waals surface area (Å²) in [4.78, 5) is 24.4. The van der Waals surface area contributed by atoms with Gasteiger partial charge in [-0.05, 0) is 50.1 Å². The number of aliphatic hydroxyl groups is 1. The van der Waals surface area contributed by atoms with Crippen LogP contribution in [0.3, 0.4) is 0 Å². The number of hydrogen-bond acceptors (Lipinski definition) is 7. The van der Waals surface area contributed by atoms with Gasteiger partial charge in [0.1, 0.15) is 41.8 Å². The highest BCUT2D eigenvalue weighted by Crippen LogP contribution is 2.24. The van der Waals surface area contributed by atoms with Crippen LogP contribution in [0.25, 0.3) is 11.0 Å². The van der Waals surface area contributed by atoms with E-state index in [-0.39, 0.29) is 42.3 Å². The molecule has 30 heavy (non-hydrogen) atoms. The molecule has 7 heteroatoms. The highest BCUT2D eigenvalue weighted by molar-refractivity contribution is 5.90. The third-order valence-corrected chi connectivity index (χ3v) is 4.40. The van der Waals surface area contributed by atoms with Gasteiger partial charge >= 0.3 is 5.97 Å². The second-order valence-corrected chi connectivity index (χ2v) is 6.87. The number of benzene rings is 2. The average molecular weight is 412 g/mol. The Labute approximate surface area is 173 Å². The molecule has 1 heterocycles. The molecule has 0 saturated carbocycles. The summed E-state index contributed by atoms with van der Waals surface area (Å²) < 4.78 is 21.7. The molecule has 0 amide bonds. The Hall–Kier alpha value is -3.32. The van der Waals surface area contributed by atoms with Gasteiger partial charge in [0.25, 0.3) is 0 Å². The van der Waals surface area contributed by atoms with Crippen LogP contribution >= 0.6 is 0 Å². The van der Waals surface area contributed by atoms with E-state index < -0.39 is 17.5 Å². The lowest BCUT2D eigenvalue weighted by Gasteiger charge is -2.16. The van der Waals surface area contributed by atoms with Crippen molar-refractivity contribution in [1.29, 1.82) is 0 Å². The van der Waals surface area contributed by atoms with Crippen molar-refractivity contribution < 1.29 is 28.5 Å². The van der Waals surface area contributed by atoms with Crippen LogP contribution in [0.4, 0.5) is 0 Å². The van der Waals surface area contributed by atoms with E-state index in [4.69, 9.17) is 18.6 Å². The highest BCUT2D eigenvalue weighted by atomic mass is 16.5. The van der Waals surface area contributed by atoms with E-state index >= 15 is 0 Å². The predicted molar refractivity (Wildman–Crippen MR) is 111 cm³/mol. The minimum atomic E-state index is -0.911. The van der Waals surface area contributed by atoms with Gasteiger partial charge in [-0.1, -0.05) is 18.2 Å². The lowest BCUT2D eigenvalue weighted by atomic mass is 10.1. The van der Waals surface area contributed by atoms with Crippen molar-refractivity contribution in [1.82, 2.24) is 0 Å².